The molecule has 3 fully saturated rings. The van der Waals surface area contributed by atoms with Crippen molar-refractivity contribution >= 4 is 50.0 Å². The van der Waals surface area contributed by atoms with Gasteiger partial charge in [-0.05, 0) is 75.8 Å². The Kier molecular flexibility index (Phi) is 10.3. The van der Waals surface area contributed by atoms with Crippen molar-refractivity contribution in [1.29, 1.82) is 0 Å². The minimum Gasteiger partial charge on any atom is -0.496 e. The van der Waals surface area contributed by atoms with Gasteiger partial charge < -0.3 is 19.7 Å². The van der Waals surface area contributed by atoms with Crippen LogP contribution in [0.2, 0.25) is 0 Å². The molecule has 0 spiro atoms. The number of rotatable bonds is 9. The fourth-order valence-electron chi connectivity index (χ4n) is 7.78. The number of carbonyl (C=O) groups excluding carboxylic acids is 3. The number of nitrogens with zero attached hydrogens (tertiary/aromatic N) is 3. The SMILES string of the molecule is CCc1c(OC)ccc2c(OC3CC4C(=O)NC5(C(=O)NS(=O)(=O)C6CC6)CC5/C=C/CCCCN(C)C(=O)C4C3)cc(-c3nc(C(C)C)cs3)nc12. The predicted molar refractivity (Wildman–Crippen MR) is 203 cm³/mol. The van der Waals surface area contributed by atoms with Crippen molar-refractivity contribution in [3.63, 3.8) is 0 Å². The molecule has 7 rings (SSSR count). The number of allylic oxidation sites excluding steroid dienone is 1. The molecular weight excluding hydrogens is 715 g/mol. The van der Waals surface area contributed by atoms with Gasteiger partial charge in [0.1, 0.15) is 33.8 Å². The van der Waals surface area contributed by atoms with Gasteiger partial charge in [0, 0.05) is 41.9 Å². The van der Waals surface area contributed by atoms with Crippen molar-refractivity contribution < 1.29 is 32.3 Å². The van der Waals surface area contributed by atoms with Gasteiger partial charge >= 0.3 is 0 Å². The van der Waals surface area contributed by atoms with Crippen LogP contribution in [-0.4, -0.2) is 78.6 Å². The number of amides is 3. The lowest BCUT2D eigenvalue weighted by Crippen LogP contribution is -2.54. The number of aromatic nitrogens is 2. The first-order chi connectivity index (χ1) is 25.3. The first-order valence-corrected chi connectivity index (χ1v) is 21.2. The number of ether oxygens (including phenoxy) is 2. The summed E-state index contributed by atoms with van der Waals surface area (Å²) >= 11 is 1.52. The molecule has 284 valence electrons. The molecule has 53 heavy (non-hydrogen) atoms. The zero-order valence-electron chi connectivity index (χ0n) is 31.0. The van der Waals surface area contributed by atoms with Gasteiger partial charge in [0.25, 0.3) is 5.91 Å². The summed E-state index contributed by atoms with van der Waals surface area (Å²) in [4.78, 5) is 53.7. The Hall–Kier alpha value is -4.04. The minimum absolute atomic E-state index is 0.145. The highest BCUT2D eigenvalue weighted by Crippen LogP contribution is 2.47. The summed E-state index contributed by atoms with van der Waals surface area (Å²) in [5, 5.41) is 5.99. The molecule has 3 heterocycles. The van der Waals surface area contributed by atoms with Crippen LogP contribution in [0.3, 0.4) is 0 Å². The van der Waals surface area contributed by atoms with Crippen LogP contribution in [0.1, 0.15) is 89.3 Å². The standard InChI is InChI=1S/C39H49N5O7S2/c1-6-26-32(50-5)15-14-27-33(19-30(40-34(26)27)36-41-31(21-52-36)22(2)3)51-24-17-28-29(18-24)37(46)44(4)16-10-8-7-9-11-23-20-39(23,42-35(28)45)38(47)43-53(48,49)25-12-13-25/h9,11,14-15,19,21-25,28-29H,6-8,10,12-13,16-18,20H2,1-5H3,(H,42,45)(H,43,47)/b11-9+. The molecule has 3 aromatic rings. The van der Waals surface area contributed by atoms with E-state index in [-0.39, 0.29) is 30.6 Å². The summed E-state index contributed by atoms with van der Waals surface area (Å²) in [5.74, 6) is -1.58. The maximum atomic E-state index is 14.3. The lowest BCUT2D eigenvalue weighted by Gasteiger charge is -2.26. The third-order valence-electron chi connectivity index (χ3n) is 11.2. The largest absolute Gasteiger partial charge is 0.496 e. The number of hydrogen-bond donors (Lipinski definition) is 2. The van der Waals surface area contributed by atoms with Crippen molar-refractivity contribution in [3.8, 4) is 22.2 Å². The maximum Gasteiger partial charge on any atom is 0.259 e. The average molecular weight is 764 g/mol. The monoisotopic (exact) mass is 763 g/mol. The van der Waals surface area contributed by atoms with Crippen LogP contribution in [0.5, 0.6) is 11.5 Å². The van der Waals surface area contributed by atoms with Crippen LogP contribution >= 0.6 is 11.3 Å². The molecule has 1 aliphatic heterocycles. The molecule has 0 saturated heterocycles. The second kappa shape index (κ2) is 14.7. The molecule has 1 aromatic carbocycles. The molecule has 5 atom stereocenters. The molecule has 3 amide bonds. The number of carbonyl (C=O) groups is 3. The first kappa shape index (κ1) is 37.3. The summed E-state index contributed by atoms with van der Waals surface area (Å²) in [6.45, 7) is 6.81. The number of aryl methyl sites for hydroxylation is 1. The first-order valence-electron chi connectivity index (χ1n) is 18.8. The van der Waals surface area contributed by atoms with Crippen LogP contribution in [0.25, 0.3) is 21.6 Å². The zero-order chi connectivity index (χ0) is 37.7. The van der Waals surface area contributed by atoms with E-state index in [1.165, 1.54) is 11.3 Å². The van der Waals surface area contributed by atoms with Gasteiger partial charge in [-0.25, -0.2) is 18.4 Å². The van der Waals surface area contributed by atoms with Gasteiger partial charge in [-0.1, -0.05) is 32.9 Å². The maximum absolute atomic E-state index is 14.3. The molecule has 14 heteroatoms. The lowest BCUT2D eigenvalue weighted by atomic mass is 9.93. The Morgan fingerprint density at radius 1 is 1.13 bits per heavy atom. The Labute approximate surface area is 315 Å². The number of fused-ring (bicyclic) bond motifs is 3. The highest BCUT2D eigenvalue weighted by molar-refractivity contribution is 7.91. The van der Waals surface area contributed by atoms with Gasteiger partial charge in [-0.2, -0.15) is 0 Å². The van der Waals surface area contributed by atoms with Gasteiger partial charge in [-0.15, -0.1) is 11.3 Å². The number of hydrogen-bond acceptors (Lipinski definition) is 10. The van der Waals surface area contributed by atoms with E-state index in [2.05, 4.69) is 30.8 Å². The van der Waals surface area contributed by atoms with E-state index >= 15 is 0 Å². The quantitative estimate of drug-likeness (QED) is 0.269. The number of methoxy groups -OCH3 is 1. The van der Waals surface area contributed by atoms with E-state index < -0.39 is 50.6 Å². The number of benzene rings is 1. The van der Waals surface area contributed by atoms with E-state index in [0.29, 0.717) is 43.7 Å². The Morgan fingerprint density at radius 2 is 1.91 bits per heavy atom. The summed E-state index contributed by atoms with van der Waals surface area (Å²) in [5.41, 5.74) is 1.93. The fraction of sp³-hybridized carbons (Fsp3) is 0.564. The Balaban J connectivity index is 1.22. The van der Waals surface area contributed by atoms with Crippen molar-refractivity contribution in [3.05, 3.63) is 47.0 Å². The van der Waals surface area contributed by atoms with Crippen molar-refractivity contribution in [2.24, 2.45) is 17.8 Å². The molecular formula is C39H49N5O7S2. The molecule has 3 saturated carbocycles. The van der Waals surface area contributed by atoms with Gasteiger partial charge in [-0.3, -0.25) is 19.1 Å². The van der Waals surface area contributed by atoms with Crippen LogP contribution < -0.4 is 19.5 Å². The van der Waals surface area contributed by atoms with E-state index in [4.69, 9.17) is 19.4 Å². The number of sulfonamides is 1. The van der Waals surface area contributed by atoms with Crippen LogP contribution in [0.4, 0.5) is 0 Å². The van der Waals surface area contributed by atoms with Crippen LogP contribution in [-0.2, 0) is 30.8 Å². The predicted octanol–water partition coefficient (Wildman–Crippen LogP) is 5.51. The minimum atomic E-state index is -3.83. The molecule has 0 radical (unpaired) electrons. The normalized spacial score (nSPS) is 27.1. The molecule has 12 nitrogen and oxygen atoms in total. The third kappa shape index (κ3) is 7.41. The lowest BCUT2D eigenvalue weighted by molar-refractivity contribution is -0.140. The smallest absolute Gasteiger partial charge is 0.259 e. The Bertz CT molecular complexity index is 2060. The second-order valence-corrected chi connectivity index (χ2v) is 18.1. The Morgan fingerprint density at radius 3 is 2.60 bits per heavy atom. The van der Waals surface area contributed by atoms with E-state index in [1.807, 2.05) is 35.7 Å². The third-order valence-corrected chi connectivity index (χ3v) is 13.9. The zero-order valence-corrected chi connectivity index (χ0v) is 32.6. The van der Waals surface area contributed by atoms with Crippen molar-refractivity contribution in [2.75, 3.05) is 20.7 Å². The molecule has 0 bridgehead atoms. The summed E-state index contributed by atoms with van der Waals surface area (Å²) in [6, 6.07) is 5.73. The highest BCUT2D eigenvalue weighted by Gasteiger charge is 2.62. The van der Waals surface area contributed by atoms with E-state index in [0.717, 1.165) is 52.2 Å². The summed E-state index contributed by atoms with van der Waals surface area (Å²) in [6.07, 6.45) is 8.30. The summed E-state index contributed by atoms with van der Waals surface area (Å²) in [7, 11) is -0.423. The summed E-state index contributed by atoms with van der Waals surface area (Å²) < 4.78 is 40.4. The number of nitrogens with one attached hydrogen (secondary N) is 2. The van der Waals surface area contributed by atoms with Crippen LogP contribution in [0.15, 0.2) is 35.7 Å². The highest BCUT2D eigenvalue weighted by atomic mass is 32.2. The van der Waals surface area contributed by atoms with Crippen LogP contribution in [0, 0.1) is 17.8 Å². The average Bonchev–Trinajstić information content (AvgIpc) is 4.01. The van der Waals surface area contributed by atoms with Crippen molar-refractivity contribution in [1.82, 2.24) is 24.9 Å². The molecule has 5 unspecified atom stereocenters. The fourth-order valence-corrected chi connectivity index (χ4v) is 10.1. The number of pyridine rings is 1. The van der Waals surface area contributed by atoms with E-state index in [1.54, 1.807) is 19.1 Å². The van der Waals surface area contributed by atoms with Crippen molar-refractivity contribution in [2.45, 2.75) is 101 Å². The van der Waals surface area contributed by atoms with Gasteiger partial charge in [0.05, 0.1) is 35.4 Å². The molecule has 4 aliphatic rings. The van der Waals surface area contributed by atoms with Gasteiger partial charge in [0.15, 0.2) is 0 Å². The second-order valence-electron chi connectivity index (χ2n) is 15.3. The molecule has 2 aromatic heterocycles. The molecule has 2 N–H and O–H groups in total. The topological polar surface area (TPSA) is 157 Å². The van der Waals surface area contributed by atoms with E-state index in [9.17, 15) is 22.8 Å². The number of thiazole rings is 1. The van der Waals surface area contributed by atoms with Gasteiger partial charge in [0.2, 0.25) is 21.8 Å². The molecule has 3 aliphatic carbocycles.